The van der Waals surface area contributed by atoms with Crippen molar-refractivity contribution < 1.29 is 0 Å². The normalized spacial score (nSPS) is 12.1. The SMILES string of the molecule is CC(=Cc1ccc(C(C)(C)C)cc1)CC(C#N)C#N. The number of rotatable bonds is 3. The fourth-order valence-corrected chi connectivity index (χ4v) is 1.86. The maximum Gasteiger partial charge on any atom is 0.137 e. The molecule has 0 radical (unpaired) electrons. The maximum absolute atomic E-state index is 8.77. The third-order valence-corrected chi connectivity index (χ3v) is 3.03. The van der Waals surface area contributed by atoms with Crippen molar-refractivity contribution in [1.29, 1.82) is 10.5 Å². The molecule has 0 saturated carbocycles. The third kappa shape index (κ3) is 4.60. The monoisotopic (exact) mass is 252 g/mol. The van der Waals surface area contributed by atoms with Gasteiger partial charge in [-0.25, -0.2) is 0 Å². The van der Waals surface area contributed by atoms with Gasteiger partial charge in [0.15, 0.2) is 0 Å². The second-order valence-corrected chi connectivity index (χ2v) is 5.88. The highest BCUT2D eigenvalue weighted by atomic mass is 14.3. The van der Waals surface area contributed by atoms with E-state index >= 15 is 0 Å². The largest absolute Gasteiger partial charge is 0.197 e. The summed E-state index contributed by atoms with van der Waals surface area (Å²) in [7, 11) is 0. The molecule has 0 aliphatic carbocycles. The summed E-state index contributed by atoms with van der Waals surface area (Å²) in [5.41, 5.74) is 3.62. The van der Waals surface area contributed by atoms with Gasteiger partial charge >= 0.3 is 0 Å². The van der Waals surface area contributed by atoms with E-state index in [1.165, 1.54) is 5.56 Å². The van der Waals surface area contributed by atoms with E-state index in [2.05, 4.69) is 45.0 Å². The first-order valence-electron chi connectivity index (χ1n) is 6.44. The van der Waals surface area contributed by atoms with Gasteiger partial charge in [-0.3, -0.25) is 0 Å². The molecule has 1 aromatic rings. The van der Waals surface area contributed by atoms with Crippen molar-refractivity contribution in [1.82, 2.24) is 0 Å². The van der Waals surface area contributed by atoms with Crippen LogP contribution in [0.1, 0.15) is 45.2 Å². The molecule has 1 rings (SSSR count). The fourth-order valence-electron chi connectivity index (χ4n) is 1.86. The number of hydrogen-bond donors (Lipinski definition) is 0. The predicted molar refractivity (Wildman–Crippen MR) is 78.1 cm³/mol. The van der Waals surface area contributed by atoms with Gasteiger partial charge in [-0.2, -0.15) is 10.5 Å². The minimum Gasteiger partial charge on any atom is -0.197 e. The molecule has 0 saturated heterocycles. The first-order valence-corrected chi connectivity index (χ1v) is 6.44. The Morgan fingerprint density at radius 3 is 2.11 bits per heavy atom. The molecule has 0 unspecified atom stereocenters. The first-order chi connectivity index (χ1) is 8.86. The summed E-state index contributed by atoms with van der Waals surface area (Å²) in [5.74, 6) is -0.551. The number of allylic oxidation sites excluding steroid dienone is 1. The van der Waals surface area contributed by atoms with Crippen LogP contribution in [0.5, 0.6) is 0 Å². The molecule has 19 heavy (non-hydrogen) atoms. The number of nitriles is 2. The number of nitrogens with zero attached hydrogens (tertiary/aromatic N) is 2. The summed E-state index contributed by atoms with van der Waals surface area (Å²) in [4.78, 5) is 0. The topological polar surface area (TPSA) is 47.6 Å². The highest BCUT2D eigenvalue weighted by Gasteiger charge is 2.12. The summed E-state index contributed by atoms with van der Waals surface area (Å²) >= 11 is 0. The van der Waals surface area contributed by atoms with Crippen LogP contribution in [0.15, 0.2) is 29.8 Å². The van der Waals surface area contributed by atoms with Crippen LogP contribution < -0.4 is 0 Å². The molecule has 0 amide bonds. The highest BCUT2D eigenvalue weighted by Crippen LogP contribution is 2.23. The van der Waals surface area contributed by atoms with E-state index in [9.17, 15) is 0 Å². The Bertz CT molecular complexity index is 517. The van der Waals surface area contributed by atoms with Crippen LogP contribution in [0.25, 0.3) is 6.08 Å². The van der Waals surface area contributed by atoms with Gasteiger partial charge in [0.05, 0.1) is 12.1 Å². The Labute approximate surface area is 116 Å². The molecule has 1 aromatic carbocycles. The number of benzene rings is 1. The second kappa shape index (κ2) is 6.21. The Kier molecular flexibility index (Phi) is 4.90. The first kappa shape index (κ1) is 15.0. The Hall–Kier alpha value is -2.06. The molecular formula is C17H20N2. The van der Waals surface area contributed by atoms with E-state index in [0.717, 1.165) is 11.1 Å². The van der Waals surface area contributed by atoms with Crippen molar-refractivity contribution in [3.63, 3.8) is 0 Å². The molecule has 0 aromatic heterocycles. The summed E-state index contributed by atoms with van der Waals surface area (Å²) in [6.07, 6.45) is 2.54. The average molecular weight is 252 g/mol. The van der Waals surface area contributed by atoms with Crippen LogP contribution in [-0.2, 0) is 5.41 Å². The quantitative estimate of drug-likeness (QED) is 0.798. The highest BCUT2D eigenvalue weighted by molar-refractivity contribution is 5.53. The van der Waals surface area contributed by atoms with Crippen molar-refractivity contribution in [2.24, 2.45) is 5.92 Å². The zero-order valence-electron chi connectivity index (χ0n) is 12.1. The van der Waals surface area contributed by atoms with Crippen molar-refractivity contribution in [2.75, 3.05) is 0 Å². The van der Waals surface area contributed by atoms with Gasteiger partial charge in [0.25, 0.3) is 0 Å². The fraction of sp³-hybridized carbons (Fsp3) is 0.412. The zero-order chi connectivity index (χ0) is 14.5. The third-order valence-electron chi connectivity index (χ3n) is 3.03. The number of hydrogen-bond acceptors (Lipinski definition) is 2. The van der Waals surface area contributed by atoms with Crippen LogP contribution in [-0.4, -0.2) is 0 Å². The van der Waals surface area contributed by atoms with Crippen LogP contribution in [0.3, 0.4) is 0 Å². The molecular weight excluding hydrogens is 232 g/mol. The molecule has 0 fully saturated rings. The zero-order valence-corrected chi connectivity index (χ0v) is 12.1. The Balaban J connectivity index is 2.83. The Morgan fingerprint density at radius 2 is 1.68 bits per heavy atom. The van der Waals surface area contributed by atoms with Crippen LogP contribution in [0.4, 0.5) is 0 Å². The molecule has 0 aliphatic rings. The lowest BCUT2D eigenvalue weighted by Gasteiger charge is -2.18. The van der Waals surface area contributed by atoms with Gasteiger partial charge in [0, 0.05) is 0 Å². The van der Waals surface area contributed by atoms with Crippen molar-refractivity contribution in [3.05, 3.63) is 41.0 Å². The Morgan fingerprint density at radius 1 is 1.16 bits per heavy atom. The van der Waals surface area contributed by atoms with Crippen molar-refractivity contribution in [3.8, 4) is 12.1 Å². The van der Waals surface area contributed by atoms with Crippen LogP contribution >= 0.6 is 0 Å². The van der Waals surface area contributed by atoms with Gasteiger partial charge in [-0.05, 0) is 29.9 Å². The molecule has 0 aliphatic heterocycles. The molecule has 98 valence electrons. The summed E-state index contributed by atoms with van der Waals surface area (Å²) in [6.45, 7) is 8.52. The van der Waals surface area contributed by atoms with E-state index in [-0.39, 0.29) is 5.41 Å². The summed E-state index contributed by atoms with van der Waals surface area (Å²) < 4.78 is 0. The van der Waals surface area contributed by atoms with Gasteiger partial charge in [0.1, 0.15) is 5.92 Å². The molecule has 0 atom stereocenters. The lowest BCUT2D eigenvalue weighted by molar-refractivity contribution is 0.590. The maximum atomic E-state index is 8.77. The van der Waals surface area contributed by atoms with Crippen molar-refractivity contribution >= 4 is 6.08 Å². The summed E-state index contributed by atoms with van der Waals surface area (Å²) in [6, 6.07) is 12.4. The van der Waals surface area contributed by atoms with Gasteiger partial charge in [-0.1, -0.05) is 56.7 Å². The predicted octanol–water partition coefficient (Wildman–Crippen LogP) is 4.44. The van der Waals surface area contributed by atoms with E-state index in [4.69, 9.17) is 10.5 Å². The van der Waals surface area contributed by atoms with E-state index in [1.807, 2.05) is 25.1 Å². The lowest BCUT2D eigenvalue weighted by Crippen LogP contribution is -2.10. The lowest BCUT2D eigenvalue weighted by atomic mass is 9.86. The molecule has 0 bridgehead atoms. The minimum atomic E-state index is -0.551. The van der Waals surface area contributed by atoms with E-state index < -0.39 is 5.92 Å². The average Bonchev–Trinajstić information content (AvgIpc) is 2.35. The van der Waals surface area contributed by atoms with Crippen LogP contribution in [0, 0.1) is 28.6 Å². The molecule has 0 N–H and O–H groups in total. The second-order valence-electron chi connectivity index (χ2n) is 5.88. The van der Waals surface area contributed by atoms with Crippen molar-refractivity contribution in [2.45, 2.75) is 39.5 Å². The van der Waals surface area contributed by atoms with Crippen LogP contribution in [0.2, 0.25) is 0 Å². The van der Waals surface area contributed by atoms with E-state index in [0.29, 0.717) is 6.42 Å². The molecule has 2 nitrogen and oxygen atoms in total. The molecule has 0 heterocycles. The van der Waals surface area contributed by atoms with Gasteiger partial charge < -0.3 is 0 Å². The van der Waals surface area contributed by atoms with Gasteiger partial charge in [0.2, 0.25) is 0 Å². The van der Waals surface area contributed by atoms with Gasteiger partial charge in [-0.15, -0.1) is 0 Å². The standard InChI is InChI=1S/C17H20N2/c1-13(10-15(11-18)12-19)9-14-5-7-16(8-6-14)17(2,3)4/h5-9,15H,10H2,1-4H3. The minimum absolute atomic E-state index is 0.157. The van der Waals surface area contributed by atoms with E-state index in [1.54, 1.807) is 0 Å². The molecule has 0 spiro atoms. The molecule has 2 heteroatoms. The summed E-state index contributed by atoms with van der Waals surface area (Å²) in [5, 5.41) is 17.5. The smallest absolute Gasteiger partial charge is 0.137 e.